The molecule has 0 unspecified atom stereocenters. The number of hydrogen-bond acceptors (Lipinski definition) is 12. The topological polar surface area (TPSA) is 264 Å². The number of ketones is 2. The number of aromatic nitrogens is 2. The molecule has 0 spiro atoms. The molecular weight excluding hydrogens is 1130 g/mol. The standard InChI is InChI=1S/C27H28N8O.C26H24N4O2.C9H8O3.CH4.3ClH/c1-17(33-34-27(28)29)18-5-4-6-19(15-18)26(36)32-21-9-7-20(8-10-21)31-25-13-14-30-24-12-11-22(35(2)3)16-23(24)25;1-17(31)18-5-4-6-19(15-18)26(32)29-21-9-7-20(8-10-21)28-25-13-14-27-24-12-11-22(30(2)3)16-23(24)25;1-6(10)7-3-2-4-8(5-7)9(11)12;;;;/h4-16H,1-3H3,(H,30,31)(H,32,36)(H4,28,29,34);4-16H,1-3H3,(H,27,28)(H,29,32);2-5H,1H3,(H,11,12);1H4;3*1H/b33-17+;;;;;;. The maximum absolute atomic E-state index is 12.8. The monoisotopic (exact) mass is 1190 g/mol. The number of fused-ring (bicyclic) bond motifs is 2. The number of nitrogens with zero attached hydrogens (tertiary/aromatic N) is 5. The average molecular weight is 1190 g/mol. The molecule has 0 saturated heterocycles. The van der Waals surface area contributed by atoms with Crippen molar-refractivity contribution in [2.24, 2.45) is 21.7 Å². The predicted octanol–water partition coefficient (Wildman–Crippen LogP) is 9.28. The molecule has 0 aliphatic heterocycles. The second kappa shape index (κ2) is 31.9. The number of hydrogen-bond donors (Lipinski definition) is 7. The normalized spacial score (nSPS) is 10.2. The molecule has 0 radical (unpaired) electrons. The van der Waals surface area contributed by atoms with Crippen LogP contribution in [0.3, 0.4) is 0 Å². The number of carbonyl (C=O) groups excluding carboxylic acids is 4. The zero-order chi connectivity index (χ0) is 57.5. The number of pyridine rings is 2. The van der Waals surface area contributed by atoms with Crippen molar-refractivity contribution in [1.82, 2.24) is 4.98 Å². The van der Waals surface area contributed by atoms with Crippen LogP contribution in [0.15, 0.2) is 192 Å². The van der Waals surface area contributed by atoms with Gasteiger partial charge in [0.05, 0.1) is 27.9 Å². The van der Waals surface area contributed by atoms with Gasteiger partial charge in [-0.15, -0.1) is 29.9 Å². The fourth-order valence-corrected chi connectivity index (χ4v) is 7.91. The van der Waals surface area contributed by atoms with Crippen LogP contribution in [0, 0.1) is 0 Å². The summed E-state index contributed by atoms with van der Waals surface area (Å²) in [6.45, 7) is 4.65. The average Bonchev–Trinajstić information content (AvgIpc) is 3.60. The maximum atomic E-state index is 12.8. The zero-order valence-electron chi connectivity index (χ0n) is 46.4. The first-order valence-electron chi connectivity index (χ1n) is 25.1. The van der Waals surface area contributed by atoms with E-state index in [4.69, 9.17) is 16.6 Å². The highest BCUT2D eigenvalue weighted by molar-refractivity contribution is 6.08. The number of anilines is 8. The molecule has 18 nitrogen and oxygen atoms in total. The van der Waals surface area contributed by atoms with Gasteiger partial charge in [0.1, 0.15) is 0 Å². The van der Waals surface area contributed by atoms with Gasteiger partial charge in [0.15, 0.2) is 17.8 Å². The van der Waals surface area contributed by atoms with Crippen molar-refractivity contribution in [3.8, 4) is 0 Å². The molecule has 0 saturated carbocycles. The number of aromatic carboxylic acids is 1. The lowest BCUT2D eigenvalue weighted by molar-refractivity contribution is -0.344. The van der Waals surface area contributed by atoms with Gasteiger partial charge in [-0.25, -0.2) is 9.78 Å². The first kappa shape index (κ1) is 68.4. The first-order valence-corrected chi connectivity index (χ1v) is 25.1. The number of nitrogens with one attached hydrogen (secondary N) is 5. The highest BCUT2D eigenvalue weighted by Crippen LogP contribution is 2.30. The van der Waals surface area contributed by atoms with E-state index in [1.807, 2.05) is 113 Å². The molecule has 21 heteroatoms. The molecule has 2 heterocycles. The van der Waals surface area contributed by atoms with E-state index < -0.39 is 5.97 Å². The van der Waals surface area contributed by atoms with Crippen LogP contribution >= 0.6 is 24.8 Å². The van der Waals surface area contributed by atoms with Crippen molar-refractivity contribution < 1.29 is 46.5 Å². The Hall–Kier alpha value is -9.88. The lowest BCUT2D eigenvalue weighted by Crippen LogP contribution is -3.00. The summed E-state index contributed by atoms with van der Waals surface area (Å²) >= 11 is 0. The van der Waals surface area contributed by atoms with Crippen molar-refractivity contribution in [3.63, 3.8) is 0 Å². The molecule has 0 aliphatic rings. The highest BCUT2D eigenvalue weighted by atomic mass is 35.5. The van der Waals surface area contributed by atoms with Gasteiger partial charge >= 0.3 is 5.97 Å². The quantitative estimate of drug-likeness (QED) is 0.0219. The van der Waals surface area contributed by atoms with Crippen LogP contribution in [0.5, 0.6) is 0 Å². The van der Waals surface area contributed by atoms with E-state index in [1.165, 1.54) is 26.0 Å². The molecule has 0 aliphatic carbocycles. The number of guanidine groups is 1. The summed E-state index contributed by atoms with van der Waals surface area (Å²) in [4.78, 5) is 70.1. The van der Waals surface area contributed by atoms with Crippen LogP contribution in [0.4, 0.5) is 45.5 Å². The van der Waals surface area contributed by atoms with Gasteiger partial charge in [0.2, 0.25) is 11.5 Å². The number of rotatable bonds is 15. The minimum atomic E-state index is -1.02. The molecule has 436 valence electrons. The van der Waals surface area contributed by atoms with E-state index in [-0.39, 0.29) is 79.6 Å². The summed E-state index contributed by atoms with van der Waals surface area (Å²) in [5, 5.41) is 31.0. The Morgan fingerprint density at radius 2 is 0.940 bits per heavy atom. The van der Waals surface area contributed by atoms with E-state index >= 15 is 0 Å². The van der Waals surface area contributed by atoms with Gasteiger partial charge < -0.3 is 60.0 Å². The van der Waals surface area contributed by atoms with E-state index in [2.05, 4.69) is 75.5 Å². The molecule has 10 N–H and O–H groups in total. The number of aromatic amines is 1. The molecule has 84 heavy (non-hydrogen) atoms. The van der Waals surface area contributed by atoms with Gasteiger partial charge in [-0.2, -0.15) is 5.10 Å². The van der Waals surface area contributed by atoms with Gasteiger partial charge in [0, 0.05) is 114 Å². The third kappa shape index (κ3) is 18.8. The van der Waals surface area contributed by atoms with Crippen molar-refractivity contribution in [2.45, 2.75) is 28.2 Å². The van der Waals surface area contributed by atoms with E-state index in [1.54, 1.807) is 67.7 Å². The summed E-state index contributed by atoms with van der Waals surface area (Å²) < 4.78 is 0. The SMILES string of the molecule is C.C/C(=N\N=C(N)N)c1cccc(C(=O)Nc2ccc(Nc3ccnc4ccc(N(C)C)cc34)cc2)c1.CC(=O)c1cccc(C(=O)Nc2ccc(Nc3cc[nH+]c4ccc(N(C)C)cc34)cc2)c1.CC(=O)c1cccc(C(=O)O)c1.Cl.Cl.[Cl-]. The number of carboxylic acids is 1. The van der Waals surface area contributed by atoms with Crippen molar-refractivity contribution in [3.05, 3.63) is 216 Å². The molecule has 7 aromatic carbocycles. The van der Waals surface area contributed by atoms with Crippen LogP contribution in [-0.4, -0.2) is 79.3 Å². The van der Waals surface area contributed by atoms with Crippen molar-refractivity contribution in [2.75, 3.05) is 59.3 Å². The Balaban J connectivity index is 0.000000355. The zero-order valence-corrected chi connectivity index (χ0v) is 48.8. The number of amides is 2. The fraction of sp³-hybridized carbons (Fsp3) is 0.127. The number of Topliss-reactive ketones (excluding diaryl/α,β-unsaturated/α-hetero) is 2. The predicted molar refractivity (Wildman–Crippen MR) is 342 cm³/mol. The number of nitrogens with two attached hydrogens (primary N) is 2. The summed E-state index contributed by atoms with van der Waals surface area (Å²) in [6, 6.07) is 51.2. The van der Waals surface area contributed by atoms with E-state index in [0.717, 1.165) is 61.5 Å². The molecule has 0 fully saturated rings. The van der Waals surface area contributed by atoms with Gasteiger partial charge in [-0.1, -0.05) is 43.8 Å². The van der Waals surface area contributed by atoms with Crippen LogP contribution in [0.1, 0.15) is 85.6 Å². The molecule has 0 atom stereocenters. The maximum Gasteiger partial charge on any atom is 0.335 e. The lowest BCUT2D eigenvalue weighted by atomic mass is 10.1. The summed E-state index contributed by atoms with van der Waals surface area (Å²) in [7, 11) is 8.05. The van der Waals surface area contributed by atoms with E-state index in [0.29, 0.717) is 39.3 Å². The van der Waals surface area contributed by atoms with Crippen molar-refractivity contribution in [1.29, 1.82) is 0 Å². The Morgan fingerprint density at radius 1 is 0.512 bits per heavy atom. The first-order chi connectivity index (χ1) is 38.3. The highest BCUT2D eigenvalue weighted by Gasteiger charge is 2.13. The Bertz CT molecular complexity index is 3790. The Labute approximate surface area is 506 Å². The van der Waals surface area contributed by atoms with Crippen molar-refractivity contribution >= 4 is 133 Å². The lowest BCUT2D eigenvalue weighted by Gasteiger charge is -2.15. The Kier molecular flexibility index (Phi) is 26.0. The van der Waals surface area contributed by atoms with Crippen LogP contribution in [-0.2, 0) is 0 Å². The van der Waals surface area contributed by atoms with Gasteiger partial charge in [-0.05, 0) is 148 Å². The minimum absolute atomic E-state index is 0. The van der Waals surface area contributed by atoms with Crippen LogP contribution < -0.4 is 59.9 Å². The molecule has 9 rings (SSSR count). The number of H-pyrrole nitrogens is 1. The van der Waals surface area contributed by atoms with E-state index in [9.17, 15) is 24.0 Å². The summed E-state index contributed by atoms with van der Waals surface area (Å²) in [6.07, 6.45) is 3.69. The smallest absolute Gasteiger partial charge is 0.335 e. The molecule has 0 bridgehead atoms. The third-order valence-electron chi connectivity index (χ3n) is 12.3. The second-order valence-electron chi connectivity index (χ2n) is 18.7. The van der Waals surface area contributed by atoms with Gasteiger partial charge in [0.25, 0.3) is 11.8 Å². The summed E-state index contributed by atoms with van der Waals surface area (Å²) in [5.74, 6) is -1.83. The number of halogens is 3. The number of carboxylic acid groups (broad SMARTS) is 1. The molecule has 2 amide bonds. The minimum Gasteiger partial charge on any atom is -1.00 e. The Morgan fingerprint density at radius 3 is 1.43 bits per heavy atom. The largest absolute Gasteiger partial charge is 1.00 e. The summed E-state index contributed by atoms with van der Waals surface area (Å²) in [5.41, 5.74) is 23.3. The number of carbonyl (C=O) groups is 5. The van der Waals surface area contributed by atoms with Crippen LogP contribution in [0.25, 0.3) is 21.8 Å². The molecule has 9 aromatic rings. The van der Waals surface area contributed by atoms with Gasteiger partial charge in [-0.3, -0.25) is 24.2 Å². The van der Waals surface area contributed by atoms with Crippen LogP contribution in [0.2, 0.25) is 0 Å². The fourth-order valence-electron chi connectivity index (χ4n) is 7.91. The number of benzene rings is 7. The second-order valence-corrected chi connectivity index (χ2v) is 18.7. The molecular formula is C63H67Cl3N12O6. The third-order valence-corrected chi connectivity index (χ3v) is 12.3. The molecule has 2 aromatic heterocycles.